The van der Waals surface area contributed by atoms with Gasteiger partial charge in [-0.25, -0.2) is 4.99 Å². The Hall–Kier alpha value is -0.380. The number of morpholine rings is 1. The van der Waals surface area contributed by atoms with Crippen LogP contribution < -0.4 is 10.6 Å². The quantitative estimate of drug-likeness (QED) is 0.256. The molecular formula is C17H28BrIN4O. The van der Waals surface area contributed by atoms with Crippen molar-refractivity contribution in [2.45, 2.75) is 19.9 Å². The zero-order valence-electron chi connectivity index (χ0n) is 14.3. The Kier molecular flexibility index (Phi) is 11.7. The van der Waals surface area contributed by atoms with Crippen LogP contribution in [0.3, 0.4) is 0 Å². The van der Waals surface area contributed by atoms with Crippen LogP contribution in [0.4, 0.5) is 0 Å². The van der Waals surface area contributed by atoms with E-state index in [1.807, 2.05) is 12.1 Å². The van der Waals surface area contributed by atoms with Gasteiger partial charge in [-0.3, -0.25) is 4.90 Å². The van der Waals surface area contributed by atoms with Crippen LogP contribution in [0.25, 0.3) is 0 Å². The first-order valence-electron chi connectivity index (χ1n) is 8.34. The van der Waals surface area contributed by atoms with Gasteiger partial charge in [0.25, 0.3) is 0 Å². The molecular weight excluding hydrogens is 483 g/mol. The topological polar surface area (TPSA) is 48.9 Å². The van der Waals surface area contributed by atoms with Crippen LogP contribution in [0, 0.1) is 0 Å². The summed E-state index contributed by atoms with van der Waals surface area (Å²) in [4.78, 5) is 7.10. The third-order valence-corrected chi connectivity index (χ3v) is 4.19. The predicted octanol–water partition coefficient (Wildman–Crippen LogP) is 2.84. The molecule has 1 aliphatic heterocycles. The summed E-state index contributed by atoms with van der Waals surface area (Å²) in [5, 5.41) is 6.71. The molecule has 0 atom stereocenters. The minimum atomic E-state index is 0. The molecule has 0 unspecified atom stereocenters. The maximum atomic E-state index is 5.37. The first-order chi connectivity index (χ1) is 11.3. The maximum Gasteiger partial charge on any atom is 0.191 e. The summed E-state index contributed by atoms with van der Waals surface area (Å²) in [5.74, 6) is 0.884. The maximum absolute atomic E-state index is 5.37. The molecule has 5 nitrogen and oxygen atoms in total. The van der Waals surface area contributed by atoms with Crippen LogP contribution in [0.15, 0.2) is 33.7 Å². The SMILES string of the molecule is CCNC(=NCc1cccc(Br)c1)NCCCN1CCOCC1.I. The fourth-order valence-electron chi connectivity index (χ4n) is 2.48. The van der Waals surface area contributed by atoms with Crippen molar-refractivity contribution in [2.24, 2.45) is 4.99 Å². The molecule has 0 amide bonds. The Morgan fingerprint density at radius 2 is 2.08 bits per heavy atom. The third-order valence-electron chi connectivity index (χ3n) is 3.70. The number of benzene rings is 1. The van der Waals surface area contributed by atoms with Gasteiger partial charge in [-0.2, -0.15) is 0 Å². The highest BCUT2D eigenvalue weighted by Gasteiger charge is 2.09. The van der Waals surface area contributed by atoms with E-state index in [2.05, 4.69) is 55.5 Å². The molecule has 7 heteroatoms. The van der Waals surface area contributed by atoms with Gasteiger partial charge in [0.05, 0.1) is 19.8 Å². The fourth-order valence-corrected chi connectivity index (χ4v) is 2.93. The van der Waals surface area contributed by atoms with E-state index in [-0.39, 0.29) is 24.0 Å². The van der Waals surface area contributed by atoms with E-state index < -0.39 is 0 Å². The van der Waals surface area contributed by atoms with Crippen LogP contribution in [-0.2, 0) is 11.3 Å². The van der Waals surface area contributed by atoms with E-state index in [9.17, 15) is 0 Å². The summed E-state index contributed by atoms with van der Waals surface area (Å²) in [6.45, 7) is 9.52. The van der Waals surface area contributed by atoms with Gasteiger partial charge in [0.15, 0.2) is 5.96 Å². The molecule has 0 aliphatic carbocycles. The molecule has 1 fully saturated rings. The first-order valence-corrected chi connectivity index (χ1v) is 9.14. The van der Waals surface area contributed by atoms with Crippen LogP contribution in [-0.4, -0.2) is 56.8 Å². The largest absolute Gasteiger partial charge is 0.379 e. The molecule has 1 aromatic carbocycles. The van der Waals surface area contributed by atoms with Crippen molar-refractivity contribution in [1.82, 2.24) is 15.5 Å². The van der Waals surface area contributed by atoms with Gasteiger partial charge in [-0.05, 0) is 37.6 Å². The van der Waals surface area contributed by atoms with Gasteiger partial charge in [0.1, 0.15) is 0 Å². The minimum absolute atomic E-state index is 0. The Morgan fingerprint density at radius 1 is 1.29 bits per heavy atom. The number of nitrogens with one attached hydrogen (secondary N) is 2. The summed E-state index contributed by atoms with van der Waals surface area (Å²) >= 11 is 3.50. The zero-order chi connectivity index (χ0) is 16.3. The highest BCUT2D eigenvalue weighted by Crippen LogP contribution is 2.12. The highest BCUT2D eigenvalue weighted by molar-refractivity contribution is 14.0. The normalized spacial score (nSPS) is 15.7. The second-order valence-electron chi connectivity index (χ2n) is 5.56. The summed E-state index contributed by atoms with van der Waals surface area (Å²) in [6, 6.07) is 8.27. The van der Waals surface area contributed by atoms with Gasteiger partial charge < -0.3 is 15.4 Å². The van der Waals surface area contributed by atoms with Crippen LogP contribution in [0.2, 0.25) is 0 Å². The lowest BCUT2D eigenvalue weighted by atomic mass is 10.2. The predicted molar refractivity (Wildman–Crippen MR) is 114 cm³/mol. The van der Waals surface area contributed by atoms with Gasteiger partial charge in [0, 0.05) is 30.7 Å². The fraction of sp³-hybridized carbons (Fsp3) is 0.588. The Bertz CT molecular complexity index is 495. The molecule has 0 aromatic heterocycles. The van der Waals surface area contributed by atoms with Crippen molar-refractivity contribution in [3.63, 3.8) is 0 Å². The molecule has 2 N–H and O–H groups in total. The molecule has 0 spiro atoms. The lowest BCUT2D eigenvalue weighted by molar-refractivity contribution is 0.0376. The molecule has 2 rings (SSSR count). The molecule has 136 valence electrons. The van der Waals surface area contributed by atoms with E-state index in [1.54, 1.807) is 0 Å². The third kappa shape index (κ3) is 8.64. The van der Waals surface area contributed by atoms with Crippen LogP contribution >= 0.6 is 39.9 Å². The van der Waals surface area contributed by atoms with E-state index >= 15 is 0 Å². The first kappa shape index (κ1) is 21.7. The van der Waals surface area contributed by atoms with Gasteiger partial charge in [-0.15, -0.1) is 24.0 Å². The lowest BCUT2D eigenvalue weighted by Gasteiger charge is -2.26. The van der Waals surface area contributed by atoms with Crippen molar-refractivity contribution >= 4 is 45.9 Å². The second-order valence-corrected chi connectivity index (χ2v) is 6.48. The number of guanidine groups is 1. The van der Waals surface area contributed by atoms with E-state index in [0.29, 0.717) is 6.54 Å². The molecule has 24 heavy (non-hydrogen) atoms. The van der Waals surface area contributed by atoms with Crippen molar-refractivity contribution < 1.29 is 4.74 Å². The number of nitrogens with zero attached hydrogens (tertiary/aromatic N) is 2. The monoisotopic (exact) mass is 510 g/mol. The Morgan fingerprint density at radius 3 is 2.79 bits per heavy atom. The standard InChI is InChI=1S/C17H27BrN4O.HI/c1-2-19-17(21-14-15-5-3-6-16(18)13-15)20-7-4-8-22-9-11-23-12-10-22;/h3,5-6,13H,2,4,7-12,14H2,1H3,(H2,19,20,21);1H. The second kappa shape index (κ2) is 12.9. The summed E-state index contributed by atoms with van der Waals surface area (Å²) in [5.41, 5.74) is 1.20. The van der Waals surface area contributed by atoms with Crippen LogP contribution in [0.5, 0.6) is 0 Å². The summed E-state index contributed by atoms with van der Waals surface area (Å²) < 4.78 is 6.46. The number of hydrogen-bond donors (Lipinski definition) is 2. The molecule has 1 heterocycles. The average Bonchev–Trinajstić information content (AvgIpc) is 2.57. The van der Waals surface area contributed by atoms with E-state index in [1.165, 1.54) is 5.56 Å². The molecule has 0 saturated carbocycles. The smallest absolute Gasteiger partial charge is 0.191 e. The van der Waals surface area contributed by atoms with E-state index in [4.69, 9.17) is 4.74 Å². The van der Waals surface area contributed by atoms with Crippen molar-refractivity contribution in [1.29, 1.82) is 0 Å². The minimum Gasteiger partial charge on any atom is -0.379 e. The summed E-state index contributed by atoms with van der Waals surface area (Å²) in [6.07, 6.45) is 1.11. The number of hydrogen-bond acceptors (Lipinski definition) is 3. The number of halogens is 2. The molecule has 1 aliphatic rings. The number of aliphatic imine (C=N–C) groups is 1. The van der Waals surface area contributed by atoms with Crippen molar-refractivity contribution in [2.75, 3.05) is 45.9 Å². The van der Waals surface area contributed by atoms with Gasteiger partial charge in [0.2, 0.25) is 0 Å². The lowest BCUT2D eigenvalue weighted by Crippen LogP contribution is -2.40. The zero-order valence-corrected chi connectivity index (χ0v) is 18.2. The van der Waals surface area contributed by atoms with Crippen molar-refractivity contribution in [3.05, 3.63) is 34.3 Å². The Balaban J connectivity index is 0.00000288. The Labute approximate surface area is 170 Å². The van der Waals surface area contributed by atoms with E-state index in [0.717, 1.165) is 62.8 Å². The van der Waals surface area contributed by atoms with Crippen LogP contribution in [0.1, 0.15) is 18.9 Å². The number of rotatable bonds is 7. The molecule has 1 saturated heterocycles. The van der Waals surface area contributed by atoms with Crippen molar-refractivity contribution in [3.8, 4) is 0 Å². The van der Waals surface area contributed by atoms with Gasteiger partial charge >= 0.3 is 0 Å². The molecule has 0 radical (unpaired) electrons. The summed E-state index contributed by atoms with van der Waals surface area (Å²) in [7, 11) is 0. The molecule has 0 bridgehead atoms. The average molecular weight is 511 g/mol. The highest BCUT2D eigenvalue weighted by atomic mass is 127. The number of ether oxygens (including phenoxy) is 1. The van der Waals surface area contributed by atoms with Gasteiger partial charge in [-0.1, -0.05) is 28.1 Å². The molecule has 1 aromatic rings.